The van der Waals surface area contributed by atoms with Gasteiger partial charge in [0, 0.05) is 31.5 Å². The fourth-order valence-electron chi connectivity index (χ4n) is 3.60. The van der Waals surface area contributed by atoms with Gasteiger partial charge in [-0.05, 0) is 37.5 Å². The lowest BCUT2D eigenvalue weighted by atomic mass is 10.1. The van der Waals surface area contributed by atoms with Crippen LogP contribution >= 0.6 is 0 Å². The molecule has 0 bridgehead atoms. The quantitative estimate of drug-likeness (QED) is 0.560. The molecule has 148 valence electrons. The Hall–Kier alpha value is -3.33. The fourth-order valence-corrected chi connectivity index (χ4v) is 3.60. The maximum absolute atomic E-state index is 5.84. The third-order valence-electron chi connectivity index (χ3n) is 5.18. The lowest BCUT2D eigenvalue weighted by Crippen LogP contribution is -2.24. The minimum absolute atomic E-state index is 0.218. The van der Waals surface area contributed by atoms with Gasteiger partial charge < -0.3 is 10.1 Å². The Bertz CT molecular complexity index is 1130. The van der Waals surface area contributed by atoms with Gasteiger partial charge in [0.1, 0.15) is 11.3 Å². The summed E-state index contributed by atoms with van der Waals surface area (Å²) in [4.78, 5) is 8.93. The molecule has 9 nitrogen and oxygen atoms in total. The molecule has 3 aromatic heterocycles. The maximum Gasteiger partial charge on any atom is 0.228 e. The summed E-state index contributed by atoms with van der Waals surface area (Å²) in [6, 6.07) is 9.85. The molecule has 29 heavy (non-hydrogen) atoms. The molecule has 1 atom stereocenters. The molecule has 1 aromatic carbocycles. The number of nitrogens with zero attached hydrogens (tertiary/aromatic N) is 7. The van der Waals surface area contributed by atoms with Crippen molar-refractivity contribution in [3.05, 3.63) is 42.7 Å². The Balaban J connectivity index is 1.39. The van der Waals surface area contributed by atoms with Crippen molar-refractivity contribution in [2.24, 2.45) is 7.05 Å². The van der Waals surface area contributed by atoms with Crippen molar-refractivity contribution in [1.29, 1.82) is 0 Å². The number of anilines is 2. The Morgan fingerprint density at radius 3 is 2.97 bits per heavy atom. The molecule has 1 aliphatic heterocycles. The molecular formula is C20H22N8O. The van der Waals surface area contributed by atoms with E-state index in [9.17, 15) is 0 Å². The van der Waals surface area contributed by atoms with Crippen LogP contribution in [0.3, 0.4) is 0 Å². The minimum atomic E-state index is 0.218. The van der Waals surface area contributed by atoms with Gasteiger partial charge in [-0.15, -0.1) is 5.10 Å². The Labute approximate surface area is 167 Å². The first-order valence-corrected chi connectivity index (χ1v) is 9.79. The molecule has 4 aromatic rings. The van der Waals surface area contributed by atoms with Crippen LogP contribution in [0.2, 0.25) is 0 Å². The molecule has 0 aliphatic carbocycles. The molecule has 0 amide bonds. The van der Waals surface area contributed by atoms with Crippen LogP contribution in [0.4, 0.5) is 11.8 Å². The molecule has 5 rings (SSSR count). The summed E-state index contributed by atoms with van der Waals surface area (Å²) < 4.78 is 9.51. The number of hydrogen-bond acceptors (Lipinski definition) is 7. The summed E-state index contributed by atoms with van der Waals surface area (Å²) >= 11 is 0. The number of ether oxygens (including phenoxy) is 1. The van der Waals surface area contributed by atoms with Gasteiger partial charge in [0.2, 0.25) is 5.95 Å². The zero-order chi connectivity index (χ0) is 19.6. The SMILES string of the molecule is Cn1nccc1Nc1nccc(-c2ccc3c(c2)nnn3CC2CCCCO2)n1. The van der Waals surface area contributed by atoms with Gasteiger partial charge in [0.15, 0.2) is 0 Å². The Kier molecular flexibility index (Phi) is 4.65. The first-order chi connectivity index (χ1) is 14.3. The van der Waals surface area contributed by atoms with Gasteiger partial charge in [-0.3, -0.25) is 4.68 Å². The average molecular weight is 390 g/mol. The van der Waals surface area contributed by atoms with E-state index >= 15 is 0 Å². The van der Waals surface area contributed by atoms with Crippen molar-refractivity contribution in [3.63, 3.8) is 0 Å². The van der Waals surface area contributed by atoms with E-state index in [1.165, 1.54) is 6.42 Å². The minimum Gasteiger partial charge on any atom is -0.376 e. The summed E-state index contributed by atoms with van der Waals surface area (Å²) in [5, 5.41) is 16.0. The normalized spacial score (nSPS) is 16.9. The predicted molar refractivity (Wildman–Crippen MR) is 109 cm³/mol. The van der Waals surface area contributed by atoms with Crippen molar-refractivity contribution in [2.75, 3.05) is 11.9 Å². The van der Waals surface area contributed by atoms with Gasteiger partial charge in [0.05, 0.1) is 30.1 Å². The zero-order valence-electron chi connectivity index (χ0n) is 16.2. The summed E-state index contributed by atoms with van der Waals surface area (Å²) in [7, 11) is 1.86. The monoisotopic (exact) mass is 390 g/mol. The second-order valence-corrected chi connectivity index (χ2v) is 7.19. The van der Waals surface area contributed by atoms with E-state index in [0.29, 0.717) is 5.95 Å². The maximum atomic E-state index is 5.84. The highest BCUT2D eigenvalue weighted by molar-refractivity contribution is 5.80. The summed E-state index contributed by atoms with van der Waals surface area (Å²) in [6.45, 7) is 1.58. The second-order valence-electron chi connectivity index (χ2n) is 7.19. The topological polar surface area (TPSA) is 95.6 Å². The zero-order valence-corrected chi connectivity index (χ0v) is 16.2. The summed E-state index contributed by atoms with van der Waals surface area (Å²) in [5.74, 6) is 1.34. The van der Waals surface area contributed by atoms with E-state index in [0.717, 1.165) is 54.1 Å². The molecule has 1 saturated heterocycles. The third kappa shape index (κ3) is 3.68. The Morgan fingerprint density at radius 2 is 2.14 bits per heavy atom. The second kappa shape index (κ2) is 7.59. The van der Waals surface area contributed by atoms with E-state index in [1.54, 1.807) is 17.1 Å². The molecule has 1 fully saturated rings. The fraction of sp³-hybridized carbons (Fsp3) is 0.350. The van der Waals surface area contributed by atoms with Crippen molar-refractivity contribution < 1.29 is 4.74 Å². The van der Waals surface area contributed by atoms with Crippen LogP contribution in [0.15, 0.2) is 42.7 Å². The molecule has 0 spiro atoms. The van der Waals surface area contributed by atoms with Gasteiger partial charge in [-0.2, -0.15) is 5.10 Å². The molecule has 9 heteroatoms. The number of aryl methyl sites for hydroxylation is 1. The van der Waals surface area contributed by atoms with Gasteiger partial charge >= 0.3 is 0 Å². The first-order valence-electron chi connectivity index (χ1n) is 9.79. The van der Waals surface area contributed by atoms with E-state index in [-0.39, 0.29) is 6.10 Å². The number of hydrogen-bond donors (Lipinski definition) is 1. The van der Waals surface area contributed by atoms with Crippen molar-refractivity contribution >= 4 is 22.8 Å². The number of aromatic nitrogens is 7. The number of rotatable bonds is 5. The third-order valence-corrected chi connectivity index (χ3v) is 5.18. The predicted octanol–water partition coefficient (Wildman–Crippen LogP) is 2.93. The number of fused-ring (bicyclic) bond motifs is 1. The van der Waals surface area contributed by atoms with Crippen LogP contribution < -0.4 is 5.32 Å². The first kappa shape index (κ1) is 17.7. The Morgan fingerprint density at radius 1 is 1.17 bits per heavy atom. The lowest BCUT2D eigenvalue weighted by Gasteiger charge is -2.22. The molecule has 1 N–H and O–H groups in total. The molecule has 4 heterocycles. The van der Waals surface area contributed by atoms with E-state index in [4.69, 9.17) is 4.74 Å². The molecule has 0 saturated carbocycles. The van der Waals surface area contributed by atoms with Crippen molar-refractivity contribution in [3.8, 4) is 11.3 Å². The van der Waals surface area contributed by atoms with Crippen LogP contribution in [0, 0.1) is 0 Å². The molecule has 1 aliphatic rings. The standard InChI is InChI=1S/C20H22N8O/c1-27-19(8-10-22-27)24-20-21-9-7-16(23-20)14-5-6-18-17(12-14)25-26-28(18)13-15-4-2-3-11-29-15/h5-10,12,15H,2-4,11,13H2,1H3,(H,21,23,24). The number of nitrogens with one attached hydrogen (secondary N) is 1. The van der Waals surface area contributed by atoms with Gasteiger partial charge in [-0.25, -0.2) is 14.6 Å². The van der Waals surface area contributed by atoms with Crippen LogP contribution in [0.1, 0.15) is 19.3 Å². The van der Waals surface area contributed by atoms with E-state index < -0.39 is 0 Å². The van der Waals surface area contributed by atoms with Crippen molar-refractivity contribution in [1.82, 2.24) is 34.7 Å². The van der Waals surface area contributed by atoms with Crippen LogP contribution in [0.25, 0.3) is 22.3 Å². The van der Waals surface area contributed by atoms with Gasteiger partial charge in [-0.1, -0.05) is 11.3 Å². The summed E-state index contributed by atoms with van der Waals surface area (Å²) in [6.07, 6.45) is 7.12. The molecule has 1 unspecified atom stereocenters. The highest BCUT2D eigenvalue weighted by Gasteiger charge is 2.17. The molecular weight excluding hydrogens is 368 g/mol. The van der Waals surface area contributed by atoms with Crippen LogP contribution in [0.5, 0.6) is 0 Å². The van der Waals surface area contributed by atoms with Crippen molar-refractivity contribution in [2.45, 2.75) is 31.9 Å². The smallest absolute Gasteiger partial charge is 0.228 e. The highest BCUT2D eigenvalue weighted by atomic mass is 16.5. The lowest BCUT2D eigenvalue weighted by molar-refractivity contribution is 0.00443. The van der Waals surface area contributed by atoms with Crippen LogP contribution in [-0.4, -0.2) is 47.5 Å². The highest BCUT2D eigenvalue weighted by Crippen LogP contribution is 2.24. The van der Waals surface area contributed by atoms with Gasteiger partial charge in [0.25, 0.3) is 0 Å². The summed E-state index contributed by atoms with van der Waals surface area (Å²) in [5.41, 5.74) is 3.63. The van der Waals surface area contributed by atoms with Crippen LogP contribution in [-0.2, 0) is 18.3 Å². The average Bonchev–Trinajstić information content (AvgIpc) is 3.35. The number of benzene rings is 1. The van der Waals surface area contributed by atoms with E-state index in [2.05, 4.69) is 30.7 Å². The largest absolute Gasteiger partial charge is 0.376 e. The molecule has 0 radical (unpaired) electrons. The van der Waals surface area contributed by atoms with E-state index in [1.807, 2.05) is 42.1 Å².